The summed E-state index contributed by atoms with van der Waals surface area (Å²) in [6, 6.07) is 10.7. The molecule has 1 heterocycles. The number of amidine groups is 1. The lowest BCUT2D eigenvalue weighted by Crippen LogP contribution is -2.18. The number of rotatable bonds is 5. The average Bonchev–Trinajstić information content (AvgIpc) is 2.79. The summed E-state index contributed by atoms with van der Waals surface area (Å²) >= 11 is 0. The van der Waals surface area contributed by atoms with Crippen molar-refractivity contribution in [2.75, 3.05) is 13.1 Å². The van der Waals surface area contributed by atoms with Crippen LogP contribution >= 0.6 is 0 Å². The van der Waals surface area contributed by atoms with E-state index >= 15 is 0 Å². The Bertz CT molecular complexity index is 317. The van der Waals surface area contributed by atoms with Gasteiger partial charge in [-0.1, -0.05) is 30.3 Å². The van der Waals surface area contributed by atoms with E-state index in [1.165, 1.54) is 30.7 Å². The summed E-state index contributed by atoms with van der Waals surface area (Å²) in [4.78, 5) is 4.39. The maximum atomic E-state index is 4.39. The minimum Gasteiger partial charge on any atom is -0.372 e. The van der Waals surface area contributed by atoms with Crippen LogP contribution < -0.4 is 5.32 Å². The molecule has 0 aliphatic carbocycles. The van der Waals surface area contributed by atoms with Gasteiger partial charge in [0.25, 0.3) is 0 Å². The van der Waals surface area contributed by atoms with Crippen molar-refractivity contribution in [2.24, 2.45) is 4.99 Å². The highest BCUT2D eigenvalue weighted by atomic mass is 15.1. The minimum absolute atomic E-state index is 0.966. The third-order valence-corrected chi connectivity index (χ3v) is 2.72. The molecule has 1 aromatic rings. The van der Waals surface area contributed by atoms with Gasteiger partial charge in [0.15, 0.2) is 0 Å². The Morgan fingerprint density at radius 1 is 1.07 bits per heavy atom. The summed E-state index contributed by atoms with van der Waals surface area (Å²) in [6.45, 7) is 2.00. The summed E-state index contributed by atoms with van der Waals surface area (Å²) in [7, 11) is 0. The average molecular weight is 202 g/mol. The molecule has 0 bridgehead atoms. The molecule has 80 valence electrons. The number of benzene rings is 1. The molecule has 2 rings (SSSR count). The fourth-order valence-electron chi connectivity index (χ4n) is 1.88. The maximum Gasteiger partial charge on any atom is 0.0964 e. The molecular formula is C13H18N2. The van der Waals surface area contributed by atoms with Crippen molar-refractivity contribution >= 4 is 5.84 Å². The van der Waals surface area contributed by atoms with Crippen molar-refractivity contribution in [3.8, 4) is 0 Å². The second kappa shape index (κ2) is 5.54. The Hall–Kier alpha value is -1.31. The van der Waals surface area contributed by atoms with E-state index in [0.29, 0.717) is 0 Å². The highest BCUT2D eigenvalue weighted by Gasteiger charge is 2.03. The second-order valence-corrected chi connectivity index (χ2v) is 3.95. The number of hydrogen-bond donors (Lipinski definition) is 1. The number of aryl methyl sites for hydroxylation is 1. The van der Waals surface area contributed by atoms with Gasteiger partial charge in [0, 0.05) is 13.0 Å². The summed E-state index contributed by atoms with van der Waals surface area (Å²) in [5.41, 5.74) is 1.44. The van der Waals surface area contributed by atoms with Crippen LogP contribution in [0, 0.1) is 0 Å². The van der Waals surface area contributed by atoms with Gasteiger partial charge in [-0.05, 0) is 24.8 Å². The van der Waals surface area contributed by atoms with E-state index < -0.39 is 0 Å². The molecule has 0 radical (unpaired) electrons. The largest absolute Gasteiger partial charge is 0.372 e. The lowest BCUT2D eigenvalue weighted by Gasteiger charge is -2.02. The molecule has 0 unspecified atom stereocenters. The molecule has 0 aromatic heterocycles. The first kappa shape index (κ1) is 10.2. The van der Waals surface area contributed by atoms with E-state index in [-0.39, 0.29) is 0 Å². The lowest BCUT2D eigenvalue weighted by molar-refractivity contribution is 0.754. The van der Waals surface area contributed by atoms with Crippen molar-refractivity contribution in [2.45, 2.75) is 25.7 Å². The van der Waals surface area contributed by atoms with Gasteiger partial charge in [-0.3, -0.25) is 4.99 Å². The van der Waals surface area contributed by atoms with Gasteiger partial charge in [0.1, 0.15) is 0 Å². The van der Waals surface area contributed by atoms with Gasteiger partial charge in [-0.2, -0.15) is 0 Å². The van der Waals surface area contributed by atoms with Crippen molar-refractivity contribution in [1.82, 2.24) is 5.32 Å². The zero-order valence-corrected chi connectivity index (χ0v) is 9.08. The molecule has 0 saturated carbocycles. The summed E-state index contributed by atoms with van der Waals surface area (Å²) in [5, 5.41) is 3.31. The van der Waals surface area contributed by atoms with Gasteiger partial charge >= 0.3 is 0 Å². The Labute approximate surface area is 91.4 Å². The van der Waals surface area contributed by atoms with Crippen LogP contribution in [0.1, 0.15) is 24.8 Å². The minimum atomic E-state index is 0.966. The van der Waals surface area contributed by atoms with Crippen LogP contribution in [0.5, 0.6) is 0 Å². The van der Waals surface area contributed by atoms with E-state index in [9.17, 15) is 0 Å². The fourth-order valence-corrected chi connectivity index (χ4v) is 1.88. The first-order valence-corrected chi connectivity index (χ1v) is 5.76. The van der Waals surface area contributed by atoms with E-state index in [0.717, 1.165) is 19.5 Å². The zero-order valence-electron chi connectivity index (χ0n) is 9.08. The molecule has 15 heavy (non-hydrogen) atoms. The SMILES string of the molecule is c1ccc(CCCCC2=NCCN2)cc1. The number of nitrogens with zero attached hydrogens (tertiary/aromatic N) is 1. The molecule has 2 nitrogen and oxygen atoms in total. The maximum absolute atomic E-state index is 4.39. The zero-order chi connectivity index (χ0) is 10.3. The Morgan fingerprint density at radius 2 is 1.87 bits per heavy atom. The number of nitrogens with one attached hydrogen (secondary N) is 1. The highest BCUT2D eigenvalue weighted by molar-refractivity contribution is 5.83. The lowest BCUT2D eigenvalue weighted by atomic mass is 10.1. The van der Waals surface area contributed by atoms with Crippen LogP contribution in [0.3, 0.4) is 0 Å². The third-order valence-electron chi connectivity index (χ3n) is 2.72. The number of unbranched alkanes of at least 4 members (excludes halogenated alkanes) is 1. The van der Waals surface area contributed by atoms with Crippen LogP contribution in [0.2, 0.25) is 0 Å². The van der Waals surface area contributed by atoms with E-state index in [4.69, 9.17) is 0 Å². The molecule has 0 atom stereocenters. The molecular weight excluding hydrogens is 184 g/mol. The first-order valence-electron chi connectivity index (χ1n) is 5.76. The van der Waals surface area contributed by atoms with Crippen LogP contribution in [0.15, 0.2) is 35.3 Å². The normalized spacial score (nSPS) is 14.8. The fraction of sp³-hybridized carbons (Fsp3) is 0.462. The van der Waals surface area contributed by atoms with Crippen molar-refractivity contribution in [1.29, 1.82) is 0 Å². The number of aliphatic imine (C=N–C) groups is 1. The molecule has 1 N–H and O–H groups in total. The summed E-state index contributed by atoms with van der Waals surface area (Å²) in [6.07, 6.45) is 4.80. The summed E-state index contributed by atoms with van der Waals surface area (Å²) in [5.74, 6) is 1.21. The van der Waals surface area contributed by atoms with Crippen molar-refractivity contribution in [3.63, 3.8) is 0 Å². The monoisotopic (exact) mass is 202 g/mol. The second-order valence-electron chi connectivity index (χ2n) is 3.95. The highest BCUT2D eigenvalue weighted by Crippen LogP contribution is 2.07. The van der Waals surface area contributed by atoms with Crippen LogP contribution in [-0.2, 0) is 6.42 Å². The smallest absolute Gasteiger partial charge is 0.0964 e. The Kier molecular flexibility index (Phi) is 3.77. The van der Waals surface area contributed by atoms with Gasteiger partial charge in [0.2, 0.25) is 0 Å². The molecule has 0 spiro atoms. The van der Waals surface area contributed by atoms with Gasteiger partial charge in [-0.15, -0.1) is 0 Å². The van der Waals surface area contributed by atoms with Gasteiger partial charge in [0.05, 0.1) is 12.4 Å². The summed E-state index contributed by atoms with van der Waals surface area (Å²) < 4.78 is 0. The first-order chi connectivity index (χ1) is 7.45. The Morgan fingerprint density at radius 3 is 2.60 bits per heavy atom. The quantitative estimate of drug-likeness (QED) is 0.728. The van der Waals surface area contributed by atoms with Crippen molar-refractivity contribution < 1.29 is 0 Å². The molecule has 2 heteroatoms. The van der Waals surface area contributed by atoms with Crippen LogP contribution in [-0.4, -0.2) is 18.9 Å². The van der Waals surface area contributed by atoms with E-state index in [2.05, 4.69) is 40.6 Å². The number of hydrogen-bond acceptors (Lipinski definition) is 2. The Balaban J connectivity index is 1.63. The third kappa shape index (κ3) is 3.39. The molecule has 1 aliphatic heterocycles. The van der Waals surface area contributed by atoms with Gasteiger partial charge in [-0.25, -0.2) is 0 Å². The van der Waals surface area contributed by atoms with Gasteiger partial charge < -0.3 is 5.32 Å². The van der Waals surface area contributed by atoms with Crippen molar-refractivity contribution in [3.05, 3.63) is 35.9 Å². The van der Waals surface area contributed by atoms with E-state index in [1.807, 2.05) is 0 Å². The standard InChI is InChI=1S/C13H18N2/c1-2-6-12(7-3-1)8-4-5-9-13-14-10-11-15-13/h1-3,6-7H,4-5,8-11H2,(H,14,15). The molecule has 0 fully saturated rings. The van der Waals surface area contributed by atoms with Crippen LogP contribution in [0.25, 0.3) is 0 Å². The molecule has 1 aromatic carbocycles. The topological polar surface area (TPSA) is 24.4 Å². The predicted molar refractivity (Wildman–Crippen MR) is 64.3 cm³/mol. The van der Waals surface area contributed by atoms with Crippen LogP contribution in [0.4, 0.5) is 0 Å². The molecule has 0 saturated heterocycles. The molecule has 1 aliphatic rings. The predicted octanol–water partition coefficient (Wildman–Crippen LogP) is 2.40. The van der Waals surface area contributed by atoms with E-state index in [1.54, 1.807) is 0 Å². The molecule has 0 amide bonds.